The number of aryl methyl sites for hydroxylation is 1. The summed E-state index contributed by atoms with van der Waals surface area (Å²) in [5.41, 5.74) is 1.33. The van der Waals surface area contributed by atoms with Crippen molar-refractivity contribution in [3.8, 4) is 11.4 Å². The van der Waals surface area contributed by atoms with Crippen LogP contribution in [0.1, 0.15) is 68.7 Å². The number of nitrogens with zero attached hydrogens (tertiary/aromatic N) is 4. The first-order valence-corrected chi connectivity index (χ1v) is 13.6. The van der Waals surface area contributed by atoms with Crippen LogP contribution in [0.5, 0.6) is 0 Å². The second-order valence-corrected chi connectivity index (χ2v) is 11.5. The number of amides is 1. The van der Waals surface area contributed by atoms with E-state index >= 15 is 0 Å². The molecule has 1 aliphatic carbocycles. The van der Waals surface area contributed by atoms with E-state index in [9.17, 15) is 13.2 Å². The number of carbonyl (C=O) groups is 1. The molecule has 8 nitrogen and oxygen atoms in total. The van der Waals surface area contributed by atoms with Gasteiger partial charge in [0.2, 0.25) is 27.6 Å². The molecule has 1 amide bonds. The van der Waals surface area contributed by atoms with Crippen LogP contribution in [-0.4, -0.2) is 59.8 Å². The third-order valence-electron chi connectivity index (χ3n) is 7.15. The van der Waals surface area contributed by atoms with Gasteiger partial charge in [0, 0.05) is 43.6 Å². The second kappa shape index (κ2) is 9.18. The smallest absolute Gasteiger partial charge is 0.243 e. The lowest BCUT2D eigenvalue weighted by atomic mass is 9.96. The van der Waals surface area contributed by atoms with Gasteiger partial charge in [-0.2, -0.15) is 9.29 Å². The number of aromatic nitrogens is 2. The first-order chi connectivity index (χ1) is 15.9. The van der Waals surface area contributed by atoms with Crippen molar-refractivity contribution >= 4 is 15.9 Å². The molecule has 3 aliphatic rings. The summed E-state index contributed by atoms with van der Waals surface area (Å²) >= 11 is 0. The Hall–Kier alpha value is -2.26. The molecular weight excluding hydrogens is 440 g/mol. The van der Waals surface area contributed by atoms with Crippen LogP contribution in [0.4, 0.5) is 0 Å². The number of hydrogen-bond acceptors (Lipinski definition) is 6. The monoisotopic (exact) mass is 472 g/mol. The molecule has 178 valence electrons. The normalized spacial score (nSPS) is 21.2. The number of piperidine rings is 1. The fourth-order valence-electron chi connectivity index (χ4n) is 4.90. The van der Waals surface area contributed by atoms with Gasteiger partial charge in [0.1, 0.15) is 0 Å². The van der Waals surface area contributed by atoms with Gasteiger partial charge in [0.15, 0.2) is 0 Å². The Morgan fingerprint density at radius 3 is 2.36 bits per heavy atom. The van der Waals surface area contributed by atoms with Gasteiger partial charge in [-0.3, -0.25) is 4.79 Å². The van der Waals surface area contributed by atoms with Crippen molar-refractivity contribution in [3.63, 3.8) is 0 Å². The lowest BCUT2D eigenvalue weighted by molar-refractivity contribution is -0.136. The van der Waals surface area contributed by atoms with Crippen LogP contribution >= 0.6 is 0 Å². The predicted molar refractivity (Wildman–Crippen MR) is 123 cm³/mol. The predicted octanol–water partition coefficient (Wildman–Crippen LogP) is 3.73. The molecule has 0 spiro atoms. The molecule has 2 saturated heterocycles. The summed E-state index contributed by atoms with van der Waals surface area (Å²) in [5, 5.41) is 4.06. The van der Waals surface area contributed by atoms with Crippen LogP contribution in [0.15, 0.2) is 27.6 Å². The third kappa shape index (κ3) is 4.71. The highest BCUT2D eigenvalue weighted by atomic mass is 32.2. The largest absolute Gasteiger partial charge is 0.342 e. The van der Waals surface area contributed by atoms with E-state index in [1.165, 1.54) is 17.1 Å². The van der Waals surface area contributed by atoms with E-state index in [1.807, 2.05) is 11.0 Å². The van der Waals surface area contributed by atoms with Crippen LogP contribution < -0.4 is 0 Å². The zero-order valence-corrected chi connectivity index (χ0v) is 20.0. The van der Waals surface area contributed by atoms with Crippen LogP contribution in [-0.2, 0) is 14.8 Å². The molecule has 3 heterocycles. The fraction of sp³-hybridized carbons (Fsp3) is 0.625. The topological polar surface area (TPSA) is 96.6 Å². The Kier molecular flexibility index (Phi) is 6.26. The molecule has 2 aromatic rings. The molecule has 1 aromatic heterocycles. The fourth-order valence-corrected chi connectivity index (χ4v) is 6.62. The van der Waals surface area contributed by atoms with Crippen molar-refractivity contribution in [2.24, 2.45) is 5.92 Å². The van der Waals surface area contributed by atoms with Crippen LogP contribution in [0.2, 0.25) is 0 Å². The minimum Gasteiger partial charge on any atom is -0.342 e. The summed E-state index contributed by atoms with van der Waals surface area (Å²) in [5.74, 6) is 1.53. The summed E-state index contributed by atoms with van der Waals surface area (Å²) in [6.45, 7) is 4.20. The first kappa shape index (κ1) is 22.5. The van der Waals surface area contributed by atoms with E-state index in [0.717, 1.165) is 38.8 Å². The van der Waals surface area contributed by atoms with Crippen LogP contribution in [0, 0.1) is 12.8 Å². The summed E-state index contributed by atoms with van der Waals surface area (Å²) < 4.78 is 33.9. The maximum atomic E-state index is 13.5. The van der Waals surface area contributed by atoms with E-state index in [2.05, 4.69) is 10.1 Å². The Bertz CT molecular complexity index is 1110. The Morgan fingerprint density at radius 2 is 1.70 bits per heavy atom. The van der Waals surface area contributed by atoms with Gasteiger partial charge in [-0.05, 0) is 57.1 Å². The molecule has 0 bridgehead atoms. The number of carbonyl (C=O) groups excluding carboxylic acids is 1. The molecule has 5 rings (SSSR count). The first-order valence-electron chi connectivity index (χ1n) is 12.2. The quantitative estimate of drug-likeness (QED) is 0.658. The molecule has 1 saturated carbocycles. The third-order valence-corrected chi connectivity index (χ3v) is 9.19. The average molecular weight is 473 g/mol. The zero-order chi connectivity index (χ0) is 23.0. The Balaban J connectivity index is 1.29. The van der Waals surface area contributed by atoms with Crippen molar-refractivity contribution in [2.45, 2.75) is 69.1 Å². The van der Waals surface area contributed by atoms with E-state index in [0.29, 0.717) is 54.7 Å². The highest BCUT2D eigenvalue weighted by Gasteiger charge is 2.35. The van der Waals surface area contributed by atoms with Crippen LogP contribution in [0.25, 0.3) is 11.4 Å². The van der Waals surface area contributed by atoms with Gasteiger partial charge in [0.05, 0.1) is 4.90 Å². The van der Waals surface area contributed by atoms with Crippen molar-refractivity contribution in [3.05, 3.63) is 29.7 Å². The van der Waals surface area contributed by atoms with Gasteiger partial charge >= 0.3 is 0 Å². The standard InChI is InChI=1S/C24H32N4O4S/c1-17-6-7-20(22-25-23(32-26-22)18-8-9-18)16-21(17)33(30,31)28-14-10-19(11-15-28)24(29)27-12-4-2-3-5-13-27/h6-7,16,18-19H,2-5,8-15H2,1H3. The Morgan fingerprint density at radius 1 is 1.00 bits per heavy atom. The van der Waals surface area contributed by atoms with Crippen LogP contribution in [0.3, 0.4) is 0 Å². The van der Waals surface area contributed by atoms with E-state index in [-0.39, 0.29) is 16.7 Å². The molecule has 9 heteroatoms. The minimum atomic E-state index is -3.68. The Labute approximate surface area is 195 Å². The van der Waals surface area contributed by atoms with Crippen molar-refractivity contribution < 1.29 is 17.7 Å². The molecule has 0 radical (unpaired) electrons. The second-order valence-electron chi connectivity index (χ2n) is 9.63. The zero-order valence-electron chi connectivity index (χ0n) is 19.2. The van der Waals surface area contributed by atoms with Gasteiger partial charge in [-0.15, -0.1) is 0 Å². The summed E-state index contributed by atoms with van der Waals surface area (Å²) in [4.78, 5) is 19.7. The number of likely N-dealkylation sites (tertiary alicyclic amines) is 1. The molecule has 2 aliphatic heterocycles. The molecule has 3 fully saturated rings. The number of benzene rings is 1. The minimum absolute atomic E-state index is 0.0813. The number of rotatable bonds is 5. The number of sulfonamides is 1. The summed E-state index contributed by atoms with van der Waals surface area (Å²) in [6.07, 6.45) is 7.77. The molecule has 0 atom stereocenters. The molecular formula is C24H32N4O4S. The van der Waals surface area contributed by atoms with Crippen molar-refractivity contribution in [2.75, 3.05) is 26.2 Å². The lowest BCUT2D eigenvalue weighted by Gasteiger charge is -2.33. The van der Waals surface area contributed by atoms with Crippen molar-refractivity contribution in [1.82, 2.24) is 19.3 Å². The molecule has 1 aromatic carbocycles. The highest BCUT2D eigenvalue weighted by molar-refractivity contribution is 7.89. The number of hydrogen-bond donors (Lipinski definition) is 0. The molecule has 33 heavy (non-hydrogen) atoms. The lowest BCUT2D eigenvalue weighted by Crippen LogP contribution is -2.44. The summed E-state index contributed by atoms with van der Waals surface area (Å²) in [7, 11) is -3.68. The SMILES string of the molecule is Cc1ccc(-c2noc(C3CC3)n2)cc1S(=O)(=O)N1CCC(C(=O)N2CCCCCC2)CC1. The highest BCUT2D eigenvalue weighted by Crippen LogP contribution is 2.39. The maximum absolute atomic E-state index is 13.5. The molecule has 0 N–H and O–H groups in total. The average Bonchev–Trinajstić information content (AvgIpc) is 3.62. The maximum Gasteiger partial charge on any atom is 0.243 e. The van der Waals surface area contributed by atoms with E-state index in [4.69, 9.17) is 4.52 Å². The summed E-state index contributed by atoms with van der Waals surface area (Å²) in [6, 6.07) is 5.29. The molecule has 0 unspecified atom stereocenters. The van der Waals surface area contributed by atoms with Gasteiger partial charge in [0.25, 0.3) is 0 Å². The van der Waals surface area contributed by atoms with Gasteiger partial charge in [-0.1, -0.05) is 30.1 Å². The van der Waals surface area contributed by atoms with Crippen molar-refractivity contribution in [1.29, 1.82) is 0 Å². The van der Waals surface area contributed by atoms with E-state index < -0.39 is 10.0 Å². The van der Waals surface area contributed by atoms with Gasteiger partial charge < -0.3 is 9.42 Å². The van der Waals surface area contributed by atoms with E-state index in [1.54, 1.807) is 19.1 Å². The van der Waals surface area contributed by atoms with Gasteiger partial charge in [-0.25, -0.2) is 8.42 Å².